The van der Waals surface area contributed by atoms with Crippen LogP contribution in [0.2, 0.25) is 0 Å². The number of nitrogens with one attached hydrogen (secondary N) is 1. The van der Waals surface area contributed by atoms with E-state index in [1.54, 1.807) is 36.1 Å². The molecule has 8 nitrogen and oxygen atoms in total. The summed E-state index contributed by atoms with van der Waals surface area (Å²) in [6, 6.07) is 11.0. The molecule has 1 aliphatic rings. The fourth-order valence-electron chi connectivity index (χ4n) is 3.08. The van der Waals surface area contributed by atoms with Crippen LogP contribution in [0.15, 0.2) is 42.6 Å². The SMILES string of the molecule is COc1ccc(OCCNc2ccnc(C(=O)N3CCN(C(C)=O)CC3)c2)cc1. The number of methoxy groups -OCH3 is 1. The van der Waals surface area contributed by atoms with Gasteiger partial charge in [-0.05, 0) is 36.4 Å². The fourth-order valence-corrected chi connectivity index (χ4v) is 3.08. The Kier molecular flexibility index (Phi) is 6.89. The molecule has 0 atom stereocenters. The Morgan fingerprint density at radius 1 is 1.03 bits per heavy atom. The molecule has 1 aromatic carbocycles. The molecule has 1 N–H and O–H groups in total. The minimum absolute atomic E-state index is 0.0401. The van der Waals surface area contributed by atoms with Gasteiger partial charge >= 0.3 is 0 Å². The molecule has 1 saturated heterocycles. The molecule has 3 rings (SSSR count). The van der Waals surface area contributed by atoms with E-state index < -0.39 is 0 Å². The molecule has 0 bridgehead atoms. The van der Waals surface area contributed by atoms with Crippen molar-refractivity contribution in [2.75, 3.05) is 51.8 Å². The van der Waals surface area contributed by atoms with Gasteiger partial charge in [0, 0.05) is 51.5 Å². The van der Waals surface area contributed by atoms with Crippen molar-refractivity contribution in [2.24, 2.45) is 0 Å². The number of rotatable bonds is 7. The van der Waals surface area contributed by atoms with Gasteiger partial charge in [-0.15, -0.1) is 0 Å². The highest BCUT2D eigenvalue weighted by atomic mass is 16.5. The first-order chi connectivity index (χ1) is 14.1. The molecule has 1 aromatic heterocycles. The Labute approximate surface area is 170 Å². The molecule has 0 spiro atoms. The van der Waals surface area contributed by atoms with Crippen LogP contribution >= 0.6 is 0 Å². The number of nitrogens with zero attached hydrogens (tertiary/aromatic N) is 3. The molecule has 8 heteroatoms. The van der Waals surface area contributed by atoms with E-state index in [-0.39, 0.29) is 11.8 Å². The van der Waals surface area contributed by atoms with Gasteiger partial charge in [0.05, 0.1) is 7.11 Å². The molecule has 0 aliphatic carbocycles. The lowest BCUT2D eigenvalue weighted by Crippen LogP contribution is -2.50. The van der Waals surface area contributed by atoms with Crippen LogP contribution in [0.3, 0.4) is 0 Å². The smallest absolute Gasteiger partial charge is 0.272 e. The Balaban J connectivity index is 1.47. The van der Waals surface area contributed by atoms with Crippen LogP contribution in [-0.2, 0) is 4.79 Å². The number of anilines is 1. The summed E-state index contributed by atoms with van der Waals surface area (Å²) in [7, 11) is 1.62. The standard InChI is InChI=1S/C21H26N4O4/c1-16(26)24-10-12-25(13-11-24)21(27)20-15-17(7-8-23-20)22-9-14-29-19-5-3-18(28-2)4-6-19/h3-8,15H,9-14H2,1-2H3,(H,22,23). The Bertz CT molecular complexity index is 833. The van der Waals surface area contributed by atoms with E-state index in [1.165, 1.54) is 0 Å². The van der Waals surface area contributed by atoms with Crippen LogP contribution in [0, 0.1) is 0 Å². The van der Waals surface area contributed by atoms with Crippen LogP contribution in [0.5, 0.6) is 11.5 Å². The molecule has 2 amide bonds. The zero-order chi connectivity index (χ0) is 20.6. The van der Waals surface area contributed by atoms with E-state index in [0.717, 1.165) is 17.2 Å². The zero-order valence-corrected chi connectivity index (χ0v) is 16.8. The normalized spacial score (nSPS) is 13.7. The van der Waals surface area contributed by atoms with E-state index in [4.69, 9.17) is 9.47 Å². The van der Waals surface area contributed by atoms with Gasteiger partial charge < -0.3 is 24.6 Å². The molecule has 0 saturated carbocycles. The first-order valence-electron chi connectivity index (χ1n) is 9.58. The number of hydrogen-bond donors (Lipinski definition) is 1. The van der Waals surface area contributed by atoms with Gasteiger partial charge in [-0.2, -0.15) is 0 Å². The van der Waals surface area contributed by atoms with E-state index >= 15 is 0 Å². The van der Waals surface area contributed by atoms with E-state index in [0.29, 0.717) is 45.0 Å². The van der Waals surface area contributed by atoms with Gasteiger partial charge in [0.1, 0.15) is 23.8 Å². The van der Waals surface area contributed by atoms with E-state index in [9.17, 15) is 9.59 Å². The number of hydrogen-bond acceptors (Lipinski definition) is 6. The second-order valence-electron chi connectivity index (χ2n) is 6.68. The number of benzene rings is 1. The first kappa shape index (κ1) is 20.4. The number of pyridine rings is 1. The summed E-state index contributed by atoms with van der Waals surface area (Å²) in [5, 5.41) is 3.24. The Morgan fingerprint density at radius 2 is 1.69 bits per heavy atom. The summed E-state index contributed by atoms with van der Waals surface area (Å²) in [4.78, 5) is 31.8. The topological polar surface area (TPSA) is 84.0 Å². The summed E-state index contributed by atoms with van der Waals surface area (Å²) in [6.45, 7) is 4.77. The monoisotopic (exact) mass is 398 g/mol. The third-order valence-corrected chi connectivity index (χ3v) is 4.75. The highest BCUT2D eigenvalue weighted by molar-refractivity contribution is 5.93. The van der Waals surface area contributed by atoms with Gasteiger partial charge in [0.15, 0.2) is 0 Å². The van der Waals surface area contributed by atoms with Gasteiger partial charge in [0.2, 0.25) is 5.91 Å². The molecule has 0 unspecified atom stereocenters. The zero-order valence-electron chi connectivity index (χ0n) is 16.8. The average molecular weight is 398 g/mol. The summed E-state index contributed by atoms with van der Waals surface area (Å²) >= 11 is 0. The molecule has 154 valence electrons. The maximum Gasteiger partial charge on any atom is 0.272 e. The molecule has 1 aliphatic heterocycles. The van der Waals surface area contributed by atoms with Crippen molar-refractivity contribution < 1.29 is 19.1 Å². The third kappa shape index (κ3) is 5.60. The number of carbonyl (C=O) groups excluding carboxylic acids is 2. The second-order valence-corrected chi connectivity index (χ2v) is 6.68. The molecular formula is C21H26N4O4. The first-order valence-corrected chi connectivity index (χ1v) is 9.58. The van der Waals surface area contributed by atoms with Crippen LogP contribution in [0.25, 0.3) is 0 Å². The summed E-state index contributed by atoms with van der Waals surface area (Å²) in [5.74, 6) is 1.47. The fraction of sp³-hybridized carbons (Fsp3) is 0.381. The van der Waals surface area contributed by atoms with Crippen LogP contribution in [0.1, 0.15) is 17.4 Å². The average Bonchev–Trinajstić information content (AvgIpc) is 2.77. The lowest BCUT2D eigenvalue weighted by Gasteiger charge is -2.34. The van der Waals surface area contributed by atoms with Gasteiger partial charge in [-0.1, -0.05) is 0 Å². The predicted octanol–water partition coefficient (Wildman–Crippen LogP) is 1.89. The van der Waals surface area contributed by atoms with Gasteiger partial charge in [-0.25, -0.2) is 0 Å². The van der Waals surface area contributed by atoms with Gasteiger partial charge in [-0.3, -0.25) is 14.6 Å². The number of piperazine rings is 1. The number of aromatic nitrogens is 1. The lowest BCUT2D eigenvalue weighted by molar-refractivity contribution is -0.130. The van der Waals surface area contributed by atoms with Gasteiger partial charge in [0.25, 0.3) is 5.91 Å². The third-order valence-electron chi connectivity index (χ3n) is 4.75. The van der Waals surface area contributed by atoms with E-state index in [2.05, 4.69) is 10.3 Å². The van der Waals surface area contributed by atoms with Crippen molar-refractivity contribution >= 4 is 17.5 Å². The summed E-state index contributed by atoms with van der Waals surface area (Å²) in [6.07, 6.45) is 1.62. The summed E-state index contributed by atoms with van der Waals surface area (Å²) < 4.78 is 10.8. The van der Waals surface area contributed by atoms with Crippen LogP contribution in [0.4, 0.5) is 5.69 Å². The molecular weight excluding hydrogens is 372 g/mol. The maximum absolute atomic E-state index is 12.7. The highest BCUT2D eigenvalue weighted by Gasteiger charge is 2.24. The maximum atomic E-state index is 12.7. The molecule has 29 heavy (non-hydrogen) atoms. The molecule has 0 radical (unpaired) electrons. The van der Waals surface area contributed by atoms with Crippen LogP contribution in [-0.4, -0.2) is 73.0 Å². The second kappa shape index (κ2) is 9.77. The summed E-state index contributed by atoms with van der Waals surface area (Å²) in [5.41, 5.74) is 1.20. The minimum Gasteiger partial charge on any atom is -0.497 e. The number of amides is 2. The van der Waals surface area contributed by atoms with Crippen molar-refractivity contribution in [3.05, 3.63) is 48.3 Å². The quantitative estimate of drug-likeness (QED) is 0.717. The number of ether oxygens (including phenoxy) is 2. The molecule has 1 fully saturated rings. The van der Waals surface area contributed by atoms with E-state index in [1.807, 2.05) is 30.3 Å². The van der Waals surface area contributed by atoms with Crippen molar-refractivity contribution in [1.29, 1.82) is 0 Å². The van der Waals surface area contributed by atoms with Crippen molar-refractivity contribution in [3.8, 4) is 11.5 Å². The van der Waals surface area contributed by atoms with Crippen molar-refractivity contribution in [2.45, 2.75) is 6.92 Å². The van der Waals surface area contributed by atoms with Crippen molar-refractivity contribution in [3.63, 3.8) is 0 Å². The Morgan fingerprint density at radius 3 is 2.34 bits per heavy atom. The Hall–Kier alpha value is -3.29. The molecule has 2 aromatic rings. The number of carbonyl (C=O) groups is 2. The highest BCUT2D eigenvalue weighted by Crippen LogP contribution is 2.17. The van der Waals surface area contributed by atoms with Crippen molar-refractivity contribution in [1.82, 2.24) is 14.8 Å². The predicted molar refractivity (Wildman–Crippen MR) is 109 cm³/mol. The lowest BCUT2D eigenvalue weighted by atomic mass is 10.2. The minimum atomic E-state index is -0.119. The molecule has 2 heterocycles. The largest absolute Gasteiger partial charge is 0.497 e. The van der Waals surface area contributed by atoms with Crippen LogP contribution < -0.4 is 14.8 Å².